The third kappa shape index (κ3) is 4.25. The lowest BCUT2D eigenvalue weighted by atomic mass is 9.95. The molecule has 0 saturated carbocycles. The molecule has 1 unspecified atom stereocenters. The number of hydrogen-bond donors (Lipinski definition) is 1. The number of nitrogens with one attached hydrogen (secondary N) is 1. The van der Waals surface area contributed by atoms with Gasteiger partial charge in [-0.3, -0.25) is 9.69 Å². The van der Waals surface area contributed by atoms with E-state index in [1.807, 2.05) is 31.2 Å². The van der Waals surface area contributed by atoms with Crippen molar-refractivity contribution in [2.24, 2.45) is 5.92 Å². The molecule has 2 bridgehead atoms. The topological polar surface area (TPSA) is 59.4 Å². The number of halogens is 1. The molecule has 7 heteroatoms. The third-order valence-electron chi connectivity index (χ3n) is 8.28. The van der Waals surface area contributed by atoms with Crippen LogP contribution in [-0.2, 0) is 9.53 Å². The molecule has 184 valence electrons. The van der Waals surface area contributed by atoms with Gasteiger partial charge in [0.25, 0.3) is 0 Å². The van der Waals surface area contributed by atoms with E-state index in [9.17, 15) is 9.18 Å². The van der Waals surface area contributed by atoms with Crippen LogP contribution in [-0.4, -0.2) is 52.2 Å². The monoisotopic (exact) mass is 476 g/mol. The van der Waals surface area contributed by atoms with Gasteiger partial charge in [0.2, 0.25) is 5.91 Å². The zero-order valence-corrected chi connectivity index (χ0v) is 20.2. The van der Waals surface area contributed by atoms with E-state index < -0.39 is 0 Å². The van der Waals surface area contributed by atoms with Crippen molar-refractivity contribution in [2.75, 3.05) is 19.8 Å². The summed E-state index contributed by atoms with van der Waals surface area (Å²) in [5.41, 5.74) is 2.55. The average Bonchev–Trinajstić information content (AvgIpc) is 3.28. The molecule has 6 rings (SSSR count). The van der Waals surface area contributed by atoms with E-state index in [-0.39, 0.29) is 23.7 Å². The van der Waals surface area contributed by atoms with Gasteiger partial charge in [0, 0.05) is 24.7 Å². The van der Waals surface area contributed by atoms with E-state index in [1.54, 1.807) is 6.07 Å². The Morgan fingerprint density at radius 2 is 1.83 bits per heavy atom. The first-order chi connectivity index (χ1) is 17.1. The Morgan fingerprint density at radius 3 is 2.51 bits per heavy atom. The molecule has 1 aromatic heterocycles. The molecule has 0 spiro atoms. The van der Waals surface area contributed by atoms with Gasteiger partial charge in [-0.15, -0.1) is 0 Å². The zero-order chi connectivity index (χ0) is 23.9. The number of hydrogen-bond acceptors (Lipinski definition) is 4. The summed E-state index contributed by atoms with van der Waals surface area (Å²) in [5.74, 6) is 0.731. The van der Waals surface area contributed by atoms with Gasteiger partial charge in [-0.1, -0.05) is 36.4 Å². The SMILES string of the molecule is Cc1nc2c(F)cccc2n1C1C[C@H]2CC[C@@H](C1)N2CC[C@H](NC(=O)C1COC1)c1ccccc1. The van der Waals surface area contributed by atoms with Gasteiger partial charge < -0.3 is 14.6 Å². The fourth-order valence-electron chi connectivity index (χ4n) is 6.44. The number of nitrogens with zero attached hydrogens (tertiary/aromatic N) is 3. The van der Waals surface area contributed by atoms with Gasteiger partial charge >= 0.3 is 0 Å². The fraction of sp³-hybridized carbons (Fsp3) is 0.500. The number of rotatable bonds is 7. The highest BCUT2D eigenvalue weighted by Gasteiger charge is 2.42. The Hall–Kier alpha value is -2.77. The van der Waals surface area contributed by atoms with Gasteiger partial charge in [0.1, 0.15) is 11.3 Å². The maximum Gasteiger partial charge on any atom is 0.228 e. The molecule has 1 N–H and O–H groups in total. The van der Waals surface area contributed by atoms with Crippen LogP contribution in [0, 0.1) is 18.7 Å². The Bertz CT molecular complexity index is 1190. The van der Waals surface area contributed by atoms with Crippen LogP contribution in [0.1, 0.15) is 55.6 Å². The minimum atomic E-state index is -0.243. The van der Waals surface area contributed by atoms with Crippen LogP contribution in [0.3, 0.4) is 0 Å². The second-order valence-electron chi connectivity index (χ2n) is 10.4. The molecule has 3 aliphatic heterocycles. The molecule has 0 aliphatic carbocycles. The van der Waals surface area contributed by atoms with Crippen molar-refractivity contribution in [1.82, 2.24) is 19.8 Å². The molecule has 3 aliphatic rings. The van der Waals surface area contributed by atoms with E-state index in [0.717, 1.165) is 42.7 Å². The minimum absolute atomic E-state index is 0.00392. The molecule has 4 atom stereocenters. The van der Waals surface area contributed by atoms with E-state index >= 15 is 0 Å². The molecular weight excluding hydrogens is 443 g/mol. The Balaban J connectivity index is 1.16. The highest BCUT2D eigenvalue weighted by atomic mass is 19.1. The van der Waals surface area contributed by atoms with Crippen LogP contribution in [0.4, 0.5) is 4.39 Å². The quantitative estimate of drug-likeness (QED) is 0.544. The van der Waals surface area contributed by atoms with Crippen LogP contribution >= 0.6 is 0 Å². The van der Waals surface area contributed by atoms with Crippen molar-refractivity contribution in [1.29, 1.82) is 0 Å². The van der Waals surface area contributed by atoms with Gasteiger partial charge in [-0.2, -0.15) is 0 Å². The molecule has 1 amide bonds. The van der Waals surface area contributed by atoms with E-state index in [0.29, 0.717) is 36.9 Å². The normalized spacial score (nSPS) is 25.5. The van der Waals surface area contributed by atoms with Crippen molar-refractivity contribution in [3.8, 4) is 0 Å². The number of ether oxygens (including phenoxy) is 1. The third-order valence-corrected chi connectivity index (χ3v) is 8.28. The largest absolute Gasteiger partial charge is 0.380 e. The van der Waals surface area contributed by atoms with Crippen LogP contribution in [0.25, 0.3) is 11.0 Å². The summed E-state index contributed by atoms with van der Waals surface area (Å²) in [6, 6.07) is 16.9. The number of aromatic nitrogens is 2. The average molecular weight is 477 g/mol. The van der Waals surface area contributed by atoms with Crippen molar-refractivity contribution in [2.45, 2.75) is 63.2 Å². The van der Waals surface area contributed by atoms with E-state index in [4.69, 9.17) is 4.74 Å². The highest BCUT2D eigenvalue weighted by Crippen LogP contribution is 2.42. The van der Waals surface area contributed by atoms with Crippen LogP contribution in [0.15, 0.2) is 48.5 Å². The Morgan fingerprint density at radius 1 is 1.09 bits per heavy atom. The van der Waals surface area contributed by atoms with Crippen molar-refractivity contribution >= 4 is 16.9 Å². The second kappa shape index (κ2) is 9.36. The molecule has 3 fully saturated rings. The molecule has 35 heavy (non-hydrogen) atoms. The first-order valence-electron chi connectivity index (χ1n) is 12.9. The maximum absolute atomic E-state index is 14.3. The lowest BCUT2D eigenvalue weighted by Gasteiger charge is -2.40. The van der Waals surface area contributed by atoms with Gasteiger partial charge in [-0.05, 0) is 56.7 Å². The van der Waals surface area contributed by atoms with Crippen LogP contribution in [0.2, 0.25) is 0 Å². The summed E-state index contributed by atoms with van der Waals surface area (Å²) in [6.07, 6.45) is 5.40. The number of imidazole rings is 1. The smallest absolute Gasteiger partial charge is 0.228 e. The first-order valence-corrected chi connectivity index (χ1v) is 12.9. The van der Waals surface area contributed by atoms with Gasteiger partial charge in [-0.25, -0.2) is 9.37 Å². The number of amides is 1. The number of carbonyl (C=O) groups excluding carboxylic acids is 1. The molecule has 6 nitrogen and oxygen atoms in total. The Labute approximate surface area is 205 Å². The summed E-state index contributed by atoms with van der Waals surface area (Å²) in [4.78, 5) is 19.9. The minimum Gasteiger partial charge on any atom is -0.380 e. The zero-order valence-electron chi connectivity index (χ0n) is 20.2. The predicted molar refractivity (Wildman–Crippen MR) is 132 cm³/mol. The Kier molecular flexibility index (Phi) is 6.06. The lowest BCUT2D eigenvalue weighted by Crippen LogP contribution is -2.46. The molecule has 2 aromatic carbocycles. The van der Waals surface area contributed by atoms with Gasteiger partial charge in [0.05, 0.1) is 30.7 Å². The number of aryl methyl sites for hydroxylation is 1. The molecule has 3 saturated heterocycles. The number of piperidine rings is 1. The van der Waals surface area contributed by atoms with Crippen molar-refractivity contribution < 1.29 is 13.9 Å². The van der Waals surface area contributed by atoms with E-state index in [1.165, 1.54) is 18.9 Å². The second-order valence-corrected chi connectivity index (χ2v) is 10.4. The summed E-state index contributed by atoms with van der Waals surface area (Å²) in [5, 5.41) is 3.30. The molecule has 0 radical (unpaired) electrons. The van der Waals surface area contributed by atoms with Crippen LogP contribution in [0.5, 0.6) is 0 Å². The van der Waals surface area contributed by atoms with E-state index in [2.05, 4.69) is 31.9 Å². The standard InChI is InChI=1S/C28H33FN4O2/c1-18-30-27-24(29)8-5-9-26(27)33(18)23-14-21-10-11-22(15-23)32(21)13-12-25(19-6-3-2-4-7-19)31-28(34)20-16-35-17-20/h2-9,20-23,25H,10-17H2,1H3,(H,31,34)/t21-,22+,23?,25-/m0/s1. The number of para-hydroxylation sites is 1. The number of benzene rings is 2. The molecular formula is C28H33FN4O2. The summed E-state index contributed by atoms with van der Waals surface area (Å²) < 4.78 is 21.8. The maximum atomic E-state index is 14.3. The molecule has 3 aromatic rings. The predicted octanol–water partition coefficient (Wildman–Crippen LogP) is 4.55. The summed E-state index contributed by atoms with van der Waals surface area (Å²) >= 11 is 0. The summed E-state index contributed by atoms with van der Waals surface area (Å²) in [6.45, 7) is 4.00. The number of fused-ring (bicyclic) bond motifs is 3. The van der Waals surface area contributed by atoms with Crippen LogP contribution < -0.4 is 5.32 Å². The van der Waals surface area contributed by atoms with Crippen molar-refractivity contribution in [3.63, 3.8) is 0 Å². The number of carbonyl (C=O) groups is 1. The van der Waals surface area contributed by atoms with Gasteiger partial charge in [0.15, 0.2) is 5.82 Å². The van der Waals surface area contributed by atoms with Crippen molar-refractivity contribution in [3.05, 3.63) is 65.7 Å². The highest BCUT2D eigenvalue weighted by molar-refractivity contribution is 5.80. The molecule has 4 heterocycles. The lowest BCUT2D eigenvalue weighted by molar-refractivity contribution is -0.139. The first kappa shape index (κ1) is 22.7. The summed E-state index contributed by atoms with van der Waals surface area (Å²) in [7, 11) is 0. The fourth-order valence-corrected chi connectivity index (χ4v) is 6.44.